The second kappa shape index (κ2) is 5.29. The van der Waals surface area contributed by atoms with E-state index >= 15 is 0 Å². The Hall–Kier alpha value is -2.80. The Morgan fingerprint density at radius 1 is 1.10 bits per heavy atom. The number of phenols is 3. The summed E-state index contributed by atoms with van der Waals surface area (Å²) >= 11 is 1.44. The first-order chi connectivity index (χ1) is 10.1. The topological polar surface area (TPSA) is 98.0 Å². The first-order valence-electron chi connectivity index (χ1n) is 6.03. The molecule has 21 heavy (non-hydrogen) atoms. The summed E-state index contributed by atoms with van der Waals surface area (Å²) in [5.74, 6) is -0.744. The van der Waals surface area contributed by atoms with Crippen LogP contribution < -0.4 is 5.43 Å². The van der Waals surface area contributed by atoms with Gasteiger partial charge >= 0.3 is 0 Å². The van der Waals surface area contributed by atoms with Gasteiger partial charge in [-0.05, 0) is 12.1 Å². The summed E-state index contributed by atoms with van der Waals surface area (Å²) in [6.07, 6.45) is 1.26. The van der Waals surface area contributed by atoms with E-state index in [2.05, 4.69) is 15.5 Å². The number of phenolic OH excluding ortho intramolecular Hbond substituents is 3. The van der Waals surface area contributed by atoms with E-state index in [0.717, 1.165) is 22.3 Å². The van der Waals surface area contributed by atoms with Crippen LogP contribution in [-0.2, 0) is 0 Å². The first-order valence-corrected chi connectivity index (χ1v) is 6.85. The quantitative estimate of drug-likeness (QED) is 0.440. The number of rotatable bonds is 3. The number of nitrogens with one attached hydrogen (secondary N) is 1. The highest BCUT2D eigenvalue weighted by molar-refractivity contribution is 7.22. The molecule has 0 saturated heterocycles. The Morgan fingerprint density at radius 2 is 1.81 bits per heavy atom. The molecule has 0 aliphatic carbocycles. The van der Waals surface area contributed by atoms with Gasteiger partial charge in [-0.3, -0.25) is 5.43 Å². The van der Waals surface area contributed by atoms with Crippen LogP contribution in [0.1, 0.15) is 5.56 Å². The van der Waals surface area contributed by atoms with Crippen molar-refractivity contribution >= 4 is 32.9 Å². The molecule has 7 heteroatoms. The standard InChI is InChI=1S/C14H11N3O3S/c18-8-5-11(19)9(12(20)6-8)7-15-17-14-16-10-3-1-2-4-13(10)21-14/h1-7,18-20H,(H,16,17)/b15-7+. The average Bonchev–Trinajstić information content (AvgIpc) is 2.84. The molecule has 0 bridgehead atoms. The number of aromatic nitrogens is 1. The molecule has 0 unspecified atom stereocenters. The van der Waals surface area contributed by atoms with E-state index in [9.17, 15) is 15.3 Å². The van der Waals surface area contributed by atoms with Gasteiger partial charge in [-0.2, -0.15) is 5.10 Å². The second-order valence-electron chi connectivity index (χ2n) is 4.25. The Morgan fingerprint density at radius 3 is 2.52 bits per heavy atom. The summed E-state index contributed by atoms with van der Waals surface area (Å²) in [4.78, 5) is 4.33. The van der Waals surface area contributed by atoms with Crippen LogP contribution in [-0.4, -0.2) is 26.5 Å². The van der Waals surface area contributed by atoms with Crippen LogP contribution in [0.25, 0.3) is 10.2 Å². The van der Waals surface area contributed by atoms with Crippen molar-refractivity contribution < 1.29 is 15.3 Å². The molecule has 3 aromatic rings. The number of hydrazone groups is 1. The van der Waals surface area contributed by atoms with Gasteiger partial charge in [0.2, 0.25) is 5.13 Å². The Balaban J connectivity index is 1.81. The van der Waals surface area contributed by atoms with Crippen molar-refractivity contribution in [3.63, 3.8) is 0 Å². The number of hydrogen-bond donors (Lipinski definition) is 4. The molecular weight excluding hydrogens is 290 g/mol. The number of thiazole rings is 1. The molecule has 0 radical (unpaired) electrons. The van der Waals surface area contributed by atoms with E-state index in [1.54, 1.807) is 0 Å². The number of aromatic hydroxyl groups is 3. The maximum atomic E-state index is 9.63. The van der Waals surface area contributed by atoms with E-state index in [1.807, 2.05) is 24.3 Å². The molecule has 106 valence electrons. The largest absolute Gasteiger partial charge is 0.508 e. The Bertz CT molecular complexity index is 773. The minimum absolute atomic E-state index is 0.112. The van der Waals surface area contributed by atoms with Crippen LogP contribution in [0.3, 0.4) is 0 Å². The third kappa shape index (κ3) is 2.72. The number of benzene rings is 2. The molecule has 0 spiro atoms. The zero-order valence-electron chi connectivity index (χ0n) is 10.7. The summed E-state index contributed by atoms with van der Waals surface area (Å²) in [6, 6.07) is 9.94. The van der Waals surface area contributed by atoms with E-state index < -0.39 is 0 Å². The summed E-state index contributed by atoms with van der Waals surface area (Å²) in [5.41, 5.74) is 3.73. The number of para-hydroxylation sites is 1. The molecule has 1 aromatic heterocycles. The van der Waals surface area contributed by atoms with Crippen molar-refractivity contribution in [2.45, 2.75) is 0 Å². The van der Waals surface area contributed by atoms with Crippen molar-refractivity contribution in [1.29, 1.82) is 0 Å². The molecule has 0 atom stereocenters. The molecule has 1 heterocycles. The summed E-state index contributed by atoms with van der Waals surface area (Å²) in [7, 11) is 0. The van der Waals surface area contributed by atoms with Gasteiger partial charge in [0.25, 0.3) is 0 Å². The molecule has 0 amide bonds. The van der Waals surface area contributed by atoms with Crippen molar-refractivity contribution in [3.05, 3.63) is 42.0 Å². The zero-order chi connectivity index (χ0) is 14.8. The molecule has 3 rings (SSSR count). The third-order valence-electron chi connectivity index (χ3n) is 2.77. The van der Waals surface area contributed by atoms with Gasteiger partial charge in [0.05, 0.1) is 22.0 Å². The van der Waals surface area contributed by atoms with Gasteiger partial charge in [0, 0.05) is 12.1 Å². The van der Waals surface area contributed by atoms with E-state index in [1.165, 1.54) is 17.6 Å². The normalized spacial score (nSPS) is 11.2. The SMILES string of the molecule is Oc1cc(O)c(/C=N/Nc2nc3ccccc3s2)c(O)c1. The fourth-order valence-electron chi connectivity index (χ4n) is 1.81. The molecule has 0 aliphatic rings. The minimum atomic E-state index is -0.262. The minimum Gasteiger partial charge on any atom is -0.508 e. The summed E-state index contributed by atoms with van der Waals surface area (Å²) in [5, 5.41) is 33.0. The van der Waals surface area contributed by atoms with Gasteiger partial charge in [0.1, 0.15) is 17.2 Å². The van der Waals surface area contributed by atoms with Crippen LogP contribution in [0.5, 0.6) is 17.2 Å². The van der Waals surface area contributed by atoms with Gasteiger partial charge in [0.15, 0.2) is 0 Å². The lowest BCUT2D eigenvalue weighted by atomic mass is 10.2. The van der Waals surface area contributed by atoms with E-state index in [-0.39, 0.29) is 22.8 Å². The van der Waals surface area contributed by atoms with Crippen LogP contribution >= 0.6 is 11.3 Å². The van der Waals surface area contributed by atoms with Crippen LogP contribution in [0.15, 0.2) is 41.5 Å². The van der Waals surface area contributed by atoms with E-state index in [4.69, 9.17) is 0 Å². The van der Waals surface area contributed by atoms with Crippen LogP contribution in [0.2, 0.25) is 0 Å². The monoisotopic (exact) mass is 301 g/mol. The Kier molecular flexibility index (Phi) is 3.33. The van der Waals surface area contributed by atoms with Gasteiger partial charge in [-0.25, -0.2) is 4.98 Å². The van der Waals surface area contributed by atoms with Crippen molar-refractivity contribution in [2.75, 3.05) is 5.43 Å². The summed E-state index contributed by atoms with van der Waals surface area (Å²) < 4.78 is 1.03. The summed E-state index contributed by atoms with van der Waals surface area (Å²) in [6.45, 7) is 0. The van der Waals surface area contributed by atoms with Crippen molar-refractivity contribution in [2.24, 2.45) is 5.10 Å². The number of fused-ring (bicyclic) bond motifs is 1. The second-order valence-corrected chi connectivity index (χ2v) is 5.29. The average molecular weight is 301 g/mol. The number of anilines is 1. The van der Waals surface area contributed by atoms with Crippen molar-refractivity contribution in [3.8, 4) is 17.2 Å². The highest BCUT2D eigenvalue weighted by Gasteiger charge is 2.07. The maximum absolute atomic E-state index is 9.63. The molecule has 6 nitrogen and oxygen atoms in total. The number of hydrogen-bond acceptors (Lipinski definition) is 7. The molecule has 4 N–H and O–H groups in total. The molecular formula is C14H11N3O3S. The first kappa shape index (κ1) is 13.2. The van der Waals surface area contributed by atoms with Gasteiger partial charge in [-0.15, -0.1) is 0 Å². The van der Waals surface area contributed by atoms with Gasteiger partial charge in [-0.1, -0.05) is 23.5 Å². The van der Waals surface area contributed by atoms with Crippen LogP contribution in [0.4, 0.5) is 5.13 Å². The lowest BCUT2D eigenvalue weighted by Gasteiger charge is -2.02. The third-order valence-corrected chi connectivity index (χ3v) is 3.71. The van der Waals surface area contributed by atoms with Crippen molar-refractivity contribution in [1.82, 2.24) is 4.98 Å². The fourth-order valence-corrected chi connectivity index (χ4v) is 2.63. The fraction of sp³-hybridized carbons (Fsp3) is 0. The molecule has 2 aromatic carbocycles. The molecule has 0 saturated carbocycles. The van der Waals surface area contributed by atoms with Crippen LogP contribution in [0, 0.1) is 0 Å². The van der Waals surface area contributed by atoms with E-state index in [0.29, 0.717) is 5.13 Å². The highest BCUT2D eigenvalue weighted by atomic mass is 32.1. The predicted octanol–water partition coefficient (Wildman–Crippen LogP) is 2.86. The highest BCUT2D eigenvalue weighted by Crippen LogP contribution is 2.30. The zero-order valence-corrected chi connectivity index (χ0v) is 11.5. The lowest BCUT2D eigenvalue weighted by Crippen LogP contribution is -1.91. The predicted molar refractivity (Wildman–Crippen MR) is 82.3 cm³/mol. The number of nitrogens with zero attached hydrogens (tertiary/aromatic N) is 2. The molecule has 0 aliphatic heterocycles. The Labute approximate surface area is 123 Å². The van der Waals surface area contributed by atoms with Gasteiger partial charge < -0.3 is 15.3 Å². The lowest BCUT2D eigenvalue weighted by molar-refractivity contribution is 0.427. The maximum Gasteiger partial charge on any atom is 0.204 e. The smallest absolute Gasteiger partial charge is 0.204 e. The molecule has 0 fully saturated rings.